The summed E-state index contributed by atoms with van der Waals surface area (Å²) in [5.41, 5.74) is 0.279. The fourth-order valence-corrected chi connectivity index (χ4v) is 3.01. The van der Waals surface area contributed by atoms with E-state index in [1.165, 1.54) is 12.1 Å². The zero-order valence-electron chi connectivity index (χ0n) is 12.3. The van der Waals surface area contributed by atoms with Gasteiger partial charge in [0.1, 0.15) is 11.4 Å². The van der Waals surface area contributed by atoms with Crippen molar-refractivity contribution in [1.29, 1.82) is 0 Å². The minimum atomic E-state index is -1.11. The maximum absolute atomic E-state index is 13.0. The lowest BCUT2D eigenvalue weighted by Crippen LogP contribution is -2.40. The fraction of sp³-hybridized carbons (Fsp3) is 0.176. The molecule has 1 N–H and O–H groups in total. The van der Waals surface area contributed by atoms with Crippen molar-refractivity contribution in [3.8, 4) is 0 Å². The van der Waals surface area contributed by atoms with E-state index in [1.807, 2.05) is 12.1 Å². The third kappa shape index (κ3) is 2.86. The predicted molar refractivity (Wildman–Crippen MR) is 87.0 cm³/mol. The molecular weight excluding hydrogens is 363 g/mol. The standard InChI is InChI=1S/C17H14BrFN2O2/c1-17(12-3-2-4-13(18)9-12)15(22)21(16(23)20-17)10-11-5-7-14(19)8-6-11/h2-9H,10H2,1H3,(H,20,23)/t17-/m1/s1. The van der Waals surface area contributed by atoms with Crippen LogP contribution in [0.25, 0.3) is 0 Å². The number of rotatable bonds is 3. The Morgan fingerprint density at radius 1 is 1.17 bits per heavy atom. The van der Waals surface area contributed by atoms with Crippen LogP contribution in [0.15, 0.2) is 53.0 Å². The van der Waals surface area contributed by atoms with Gasteiger partial charge in [0.2, 0.25) is 0 Å². The highest BCUT2D eigenvalue weighted by molar-refractivity contribution is 9.10. The molecule has 3 rings (SSSR count). The van der Waals surface area contributed by atoms with Crippen LogP contribution in [0.4, 0.5) is 9.18 Å². The third-order valence-electron chi connectivity index (χ3n) is 3.93. The summed E-state index contributed by atoms with van der Waals surface area (Å²) in [4.78, 5) is 26.2. The van der Waals surface area contributed by atoms with Gasteiger partial charge >= 0.3 is 6.03 Å². The first-order chi connectivity index (χ1) is 10.9. The first-order valence-corrected chi connectivity index (χ1v) is 7.84. The third-order valence-corrected chi connectivity index (χ3v) is 4.42. The van der Waals surface area contributed by atoms with Crippen LogP contribution in [0.3, 0.4) is 0 Å². The van der Waals surface area contributed by atoms with Gasteiger partial charge in [-0.1, -0.05) is 40.2 Å². The molecule has 0 aliphatic carbocycles. The maximum Gasteiger partial charge on any atom is 0.325 e. The number of carbonyl (C=O) groups is 2. The van der Waals surface area contributed by atoms with Crippen molar-refractivity contribution in [2.45, 2.75) is 19.0 Å². The quantitative estimate of drug-likeness (QED) is 0.832. The minimum absolute atomic E-state index is 0.106. The number of amides is 3. The van der Waals surface area contributed by atoms with Crippen molar-refractivity contribution in [1.82, 2.24) is 10.2 Å². The van der Waals surface area contributed by atoms with Crippen molar-refractivity contribution in [2.75, 3.05) is 0 Å². The predicted octanol–water partition coefficient (Wildman–Crippen LogP) is 3.56. The molecule has 1 heterocycles. The molecule has 0 saturated carbocycles. The number of urea groups is 1. The SMILES string of the molecule is C[C@]1(c2cccc(Br)c2)NC(=O)N(Cc2ccc(F)cc2)C1=O. The van der Waals surface area contributed by atoms with E-state index in [1.54, 1.807) is 31.2 Å². The van der Waals surface area contributed by atoms with E-state index in [4.69, 9.17) is 0 Å². The van der Waals surface area contributed by atoms with Gasteiger partial charge in [-0.05, 0) is 42.3 Å². The van der Waals surface area contributed by atoms with E-state index >= 15 is 0 Å². The molecule has 1 aliphatic rings. The molecule has 0 radical (unpaired) electrons. The molecule has 0 aromatic heterocycles. The van der Waals surface area contributed by atoms with Crippen molar-refractivity contribution in [3.05, 3.63) is 69.9 Å². The number of nitrogens with one attached hydrogen (secondary N) is 1. The van der Waals surface area contributed by atoms with Gasteiger partial charge in [0, 0.05) is 4.47 Å². The van der Waals surface area contributed by atoms with Gasteiger partial charge in [-0.25, -0.2) is 9.18 Å². The summed E-state index contributed by atoms with van der Waals surface area (Å²) >= 11 is 3.37. The smallest absolute Gasteiger partial charge is 0.319 e. The monoisotopic (exact) mass is 376 g/mol. The van der Waals surface area contributed by atoms with Crippen LogP contribution >= 0.6 is 15.9 Å². The largest absolute Gasteiger partial charge is 0.325 e. The number of hydrogen-bond acceptors (Lipinski definition) is 2. The maximum atomic E-state index is 13.0. The number of benzene rings is 2. The molecule has 0 bridgehead atoms. The van der Waals surface area contributed by atoms with Crippen molar-refractivity contribution >= 4 is 27.9 Å². The molecule has 0 spiro atoms. The van der Waals surface area contributed by atoms with Crippen LogP contribution < -0.4 is 5.32 Å². The van der Waals surface area contributed by atoms with E-state index in [9.17, 15) is 14.0 Å². The van der Waals surface area contributed by atoms with Crippen molar-refractivity contribution in [3.63, 3.8) is 0 Å². The highest BCUT2D eigenvalue weighted by Crippen LogP contribution is 2.31. The summed E-state index contributed by atoms with van der Waals surface area (Å²) in [6.07, 6.45) is 0. The molecule has 1 aliphatic heterocycles. The molecule has 6 heteroatoms. The molecule has 2 aromatic carbocycles. The molecule has 3 amide bonds. The Morgan fingerprint density at radius 3 is 2.52 bits per heavy atom. The molecule has 4 nitrogen and oxygen atoms in total. The zero-order chi connectivity index (χ0) is 16.6. The summed E-state index contributed by atoms with van der Waals surface area (Å²) in [5.74, 6) is -0.685. The molecular formula is C17H14BrFN2O2. The Kier molecular flexibility index (Phi) is 3.93. The number of nitrogens with zero attached hydrogens (tertiary/aromatic N) is 1. The average molecular weight is 377 g/mol. The topological polar surface area (TPSA) is 49.4 Å². The van der Waals surface area contributed by atoms with Crippen LogP contribution in [0.5, 0.6) is 0 Å². The fourth-order valence-electron chi connectivity index (χ4n) is 2.61. The van der Waals surface area contributed by atoms with Crippen molar-refractivity contribution in [2.24, 2.45) is 0 Å². The summed E-state index contributed by atoms with van der Waals surface area (Å²) in [7, 11) is 0. The lowest BCUT2D eigenvalue weighted by Gasteiger charge is -2.22. The Balaban J connectivity index is 1.89. The minimum Gasteiger partial charge on any atom is -0.319 e. The summed E-state index contributed by atoms with van der Waals surface area (Å²) < 4.78 is 13.8. The van der Waals surface area contributed by atoms with Crippen LogP contribution in [-0.4, -0.2) is 16.8 Å². The molecule has 1 atom stereocenters. The molecule has 1 fully saturated rings. The Hall–Kier alpha value is -2.21. The second-order valence-electron chi connectivity index (χ2n) is 5.58. The Labute approximate surface area is 141 Å². The second-order valence-corrected chi connectivity index (χ2v) is 6.50. The Morgan fingerprint density at radius 2 is 1.87 bits per heavy atom. The van der Waals surface area contributed by atoms with Gasteiger partial charge < -0.3 is 5.32 Å². The van der Waals surface area contributed by atoms with Crippen LogP contribution in [0.2, 0.25) is 0 Å². The van der Waals surface area contributed by atoms with Crippen LogP contribution in [0.1, 0.15) is 18.1 Å². The molecule has 0 unspecified atom stereocenters. The first-order valence-electron chi connectivity index (χ1n) is 7.05. The first kappa shape index (κ1) is 15.7. The number of carbonyl (C=O) groups excluding carboxylic acids is 2. The van der Waals surface area contributed by atoms with Gasteiger partial charge in [-0.2, -0.15) is 0 Å². The van der Waals surface area contributed by atoms with Gasteiger partial charge in [-0.3, -0.25) is 9.69 Å². The van der Waals surface area contributed by atoms with Gasteiger partial charge in [-0.15, -0.1) is 0 Å². The lowest BCUT2D eigenvalue weighted by molar-refractivity contribution is -0.131. The van der Waals surface area contributed by atoms with E-state index < -0.39 is 11.6 Å². The highest BCUT2D eigenvalue weighted by Gasteiger charge is 2.48. The normalized spacial score (nSPS) is 20.7. The van der Waals surface area contributed by atoms with Crippen LogP contribution in [-0.2, 0) is 16.9 Å². The zero-order valence-corrected chi connectivity index (χ0v) is 13.9. The summed E-state index contributed by atoms with van der Waals surface area (Å²) in [6, 6.07) is 12.5. The Bertz CT molecular complexity index is 778. The van der Waals surface area contributed by atoms with Crippen molar-refractivity contribution < 1.29 is 14.0 Å². The second kappa shape index (κ2) is 5.77. The van der Waals surface area contributed by atoms with Gasteiger partial charge in [0.05, 0.1) is 6.54 Å². The average Bonchev–Trinajstić information content (AvgIpc) is 2.74. The number of halogens is 2. The molecule has 23 heavy (non-hydrogen) atoms. The molecule has 1 saturated heterocycles. The number of hydrogen-bond donors (Lipinski definition) is 1. The highest BCUT2D eigenvalue weighted by atomic mass is 79.9. The summed E-state index contributed by atoms with van der Waals surface area (Å²) in [6.45, 7) is 1.79. The van der Waals surface area contributed by atoms with Gasteiger partial charge in [0.15, 0.2) is 0 Å². The lowest BCUT2D eigenvalue weighted by atomic mass is 9.92. The van der Waals surface area contributed by atoms with E-state index in [2.05, 4.69) is 21.2 Å². The van der Waals surface area contributed by atoms with E-state index in [0.29, 0.717) is 11.1 Å². The van der Waals surface area contributed by atoms with Gasteiger partial charge in [0.25, 0.3) is 5.91 Å². The van der Waals surface area contributed by atoms with E-state index in [-0.39, 0.29) is 18.3 Å². The van der Waals surface area contributed by atoms with Crippen LogP contribution in [0, 0.1) is 5.82 Å². The molecule has 2 aromatic rings. The number of imide groups is 1. The van der Waals surface area contributed by atoms with E-state index in [0.717, 1.165) is 9.37 Å². The molecule has 118 valence electrons. The summed E-state index contributed by atoms with van der Waals surface area (Å²) in [5, 5.41) is 2.75.